The van der Waals surface area contributed by atoms with Gasteiger partial charge in [0.25, 0.3) is 5.69 Å². The third-order valence-electron chi connectivity index (χ3n) is 3.41. The van der Waals surface area contributed by atoms with Crippen LogP contribution in [-0.4, -0.2) is 49.7 Å². The molecule has 11 heteroatoms. The van der Waals surface area contributed by atoms with Crippen LogP contribution in [-0.2, 0) is 18.3 Å². The number of aromatic nitrogens is 3. The lowest BCUT2D eigenvalue weighted by Crippen LogP contribution is -2.15. The second kappa shape index (κ2) is 8.63. The van der Waals surface area contributed by atoms with Gasteiger partial charge in [0, 0.05) is 13.5 Å². The molecule has 0 aliphatic heterocycles. The van der Waals surface area contributed by atoms with Gasteiger partial charge in [0.05, 0.1) is 30.0 Å². The number of thioether (sulfide) groups is 1. The molecule has 0 bridgehead atoms. The minimum absolute atomic E-state index is 0.00380. The van der Waals surface area contributed by atoms with Gasteiger partial charge in [-0.2, -0.15) is 0 Å². The van der Waals surface area contributed by atoms with Gasteiger partial charge >= 0.3 is 0 Å². The molecule has 1 aromatic carbocycles. The van der Waals surface area contributed by atoms with Gasteiger partial charge in [0.1, 0.15) is 17.3 Å². The minimum atomic E-state index is -0.587. The van der Waals surface area contributed by atoms with E-state index in [9.17, 15) is 20.0 Å². The van der Waals surface area contributed by atoms with Crippen LogP contribution < -0.4 is 10.1 Å². The average molecular weight is 381 g/mol. The van der Waals surface area contributed by atoms with E-state index in [0.29, 0.717) is 23.2 Å². The third-order valence-corrected chi connectivity index (χ3v) is 4.43. The summed E-state index contributed by atoms with van der Waals surface area (Å²) in [4.78, 5) is 22.7. The van der Waals surface area contributed by atoms with Crippen molar-refractivity contribution in [3.8, 4) is 5.75 Å². The fraction of sp³-hybridized carbons (Fsp3) is 0.400. The van der Waals surface area contributed by atoms with Crippen LogP contribution in [0.4, 0.5) is 11.4 Å². The Morgan fingerprint density at radius 2 is 2.23 bits per heavy atom. The molecule has 0 spiro atoms. The van der Waals surface area contributed by atoms with Crippen molar-refractivity contribution >= 4 is 29.0 Å². The number of anilines is 1. The first-order chi connectivity index (χ1) is 12.3. The number of aliphatic hydroxyl groups is 1. The lowest BCUT2D eigenvalue weighted by molar-refractivity contribution is -0.384. The number of benzene rings is 1. The van der Waals surface area contributed by atoms with Gasteiger partial charge in [-0.25, -0.2) is 0 Å². The van der Waals surface area contributed by atoms with E-state index < -0.39 is 16.9 Å². The summed E-state index contributed by atoms with van der Waals surface area (Å²) in [6.45, 7) is 1.65. The normalized spacial score (nSPS) is 11.8. The summed E-state index contributed by atoms with van der Waals surface area (Å²) in [5.74, 6) is 0.523. The lowest BCUT2D eigenvalue weighted by Gasteiger charge is -2.08. The van der Waals surface area contributed by atoms with Crippen molar-refractivity contribution in [1.82, 2.24) is 14.8 Å². The van der Waals surface area contributed by atoms with E-state index >= 15 is 0 Å². The number of hydrogen-bond acceptors (Lipinski definition) is 8. The molecule has 1 amide bonds. The molecule has 1 unspecified atom stereocenters. The van der Waals surface area contributed by atoms with Gasteiger partial charge in [0.2, 0.25) is 5.91 Å². The molecule has 0 aliphatic carbocycles. The molecule has 1 aromatic heterocycles. The fourth-order valence-corrected chi connectivity index (χ4v) is 2.85. The summed E-state index contributed by atoms with van der Waals surface area (Å²) in [6.07, 6.45) is -0.191. The summed E-state index contributed by atoms with van der Waals surface area (Å²) >= 11 is 1.15. The van der Waals surface area contributed by atoms with Crippen LogP contribution in [0.5, 0.6) is 5.75 Å². The van der Waals surface area contributed by atoms with Crippen LogP contribution in [0.2, 0.25) is 0 Å². The summed E-state index contributed by atoms with van der Waals surface area (Å²) in [6, 6.07) is 4.19. The van der Waals surface area contributed by atoms with Crippen molar-refractivity contribution in [2.24, 2.45) is 7.05 Å². The molecular weight excluding hydrogens is 362 g/mol. The largest absolute Gasteiger partial charge is 0.496 e. The molecule has 10 nitrogen and oxygen atoms in total. The first kappa shape index (κ1) is 19.7. The molecule has 0 fully saturated rings. The summed E-state index contributed by atoms with van der Waals surface area (Å²) in [5, 5.41) is 31.5. The van der Waals surface area contributed by atoms with Crippen molar-refractivity contribution in [3.05, 3.63) is 34.1 Å². The monoisotopic (exact) mass is 381 g/mol. The number of aliphatic hydroxyl groups excluding tert-OH is 1. The summed E-state index contributed by atoms with van der Waals surface area (Å²) in [5.41, 5.74) is -0.158. The highest BCUT2D eigenvalue weighted by molar-refractivity contribution is 7.99. The Morgan fingerprint density at radius 3 is 2.85 bits per heavy atom. The molecule has 2 rings (SSSR count). The first-order valence-electron chi connectivity index (χ1n) is 7.63. The topological polar surface area (TPSA) is 132 Å². The summed E-state index contributed by atoms with van der Waals surface area (Å²) < 4.78 is 6.65. The van der Waals surface area contributed by atoms with Gasteiger partial charge in [0.15, 0.2) is 5.16 Å². The number of nitrogens with zero attached hydrogens (tertiary/aromatic N) is 4. The second-order valence-corrected chi connectivity index (χ2v) is 6.43. The minimum Gasteiger partial charge on any atom is -0.496 e. The third kappa shape index (κ3) is 4.92. The number of carbonyl (C=O) groups excluding carboxylic acids is 1. The van der Waals surface area contributed by atoms with E-state index in [0.717, 1.165) is 11.8 Å². The number of nitrogens with one attached hydrogen (secondary N) is 1. The number of carbonyl (C=O) groups is 1. The Labute approximate surface area is 153 Å². The maximum absolute atomic E-state index is 12.1. The highest BCUT2D eigenvalue weighted by Gasteiger charge is 2.18. The van der Waals surface area contributed by atoms with E-state index in [4.69, 9.17) is 4.74 Å². The maximum Gasteiger partial charge on any atom is 0.296 e. The molecule has 26 heavy (non-hydrogen) atoms. The van der Waals surface area contributed by atoms with Crippen molar-refractivity contribution < 1.29 is 19.6 Å². The molecule has 2 N–H and O–H groups in total. The van der Waals surface area contributed by atoms with Crippen molar-refractivity contribution in [3.63, 3.8) is 0 Å². The van der Waals surface area contributed by atoms with E-state index in [1.54, 1.807) is 18.5 Å². The molecule has 0 saturated heterocycles. The average Bonchev–Trinajstić information content (AvgIpc) is 2.92. The molecular formula is C15H19N5O5S. The van der Waals surface area contributed by atoms with E-state index in [2.05, 4.69) is 15.5 Å². The second-order valence-electron chi connectivity index (χ2n) is 5.49. The van der Waals surface area contributed by atoms with Crippen molar-refractivity contribution in [1.29, 1.82) is 0 Å². The van der Waals surface area contributed by atoms with E-state index in [1.807, 2.05) is 0 Å². The Kier molecular flexibility index (Phi) is 6.52. The molecule has 0 radical (unpaired) electrons. The molecule has 0 aliphatic rings. The number of nitro groups is 1. The fourth-order valence-electron chi connectivity index (χ4n) is 2.12. The first-order valence-corrected chi connectivity index (χ1v) is 8.61. The predicted octanol–water partition coefficient (Wildman–Crippen LogP) is 1.39. The van der Waals surface area contributed by atoms with Crippen LogP contribution in [0.1, 0.15) is 12.7 Å². The molecule has 1 heterocycles. The number of hydrogen-bond donors (Lipinski definition) is 2. The number of nitro benzene ring substituents is 1. The highest BCUT2D eigenvalue weighted by Crippen LogP contribution is 2.29. The molecule has 0 saturated carbocycles. The Balaban J connectivity index is 2.02. The number of rotatable bonds is 8. The van der Waals surface area contributed by atoms with Crippen molar-refractivity contribution in [2.45, 2.75) is 24.6 Å². The molecule has 140 valence electrons. The van der Waals surface area contributed by atoms with Crippen LogP contribution in [0.15, 0.2) is 23.4 Å². The maximum atomic E-state index is 12.1. The van der Waals surface area contributed by atoms with E-state index in [-0.39, 0.29) is 17.1 Å². The van der Waals surface area contributed by atoms with Gasteiger partial charge in [-0.1, -0.05) is 11.8 Å². The van der Waals surface area contributed by atoms with Gasteiger partial charge < -0.3 is 19.7 Å². The Morgan fingerprint density at radius 1 is 1.50 bits per heavy atom. The quantitative estimate of drug-likeness (QED) is 0.398. The van der Waals surface area contributed by atoms with Crippen LogP contribution in [0.25, 0.3) is 0 Å². The molecule has 1 atom stereocenters. The number of amides is 1. The van der Waals surface area contributed by atoms with E-state index in [1.165, 1.54) is 25.3 Å². The Hall–Kier alpha value is -2.66. The SMILES string of the molecule is COc1ccc(NC(=O)CSc2nnc(CC(C)O)n2C)c([N+](=O)[O-])c1. The standard InChI is InChI=1S/C15H19N5O5S/c1-9(21)6-13-17-18-15(19(13)2)26-8-14(22)16-11-5-4-10(25-3)7-12(11)20(23)24/h4-5,7,9,21H,6,8H2,1-3H3,(H,16,22). The van der Waals surface area contributed by atoms with Crippen molar-refractivity contribution in [2.75, 3.05) is 18.2 Å². The Bertz CT molecular complexity index is 808. The van der Waals surface area contributed by atoms with Crippen LogP contribution in [0.3, 0.4) is 0 Å². The highest BCUT2D eigenvalue weighted by atomic mass is 32.2. The lowest BCUT2D eigenvalue weighted by atomic mass is 10.2. The zero-order chi connectivity index (χ0) is 19.3. The van der Waals surface area contributed by atoms with Gasteiger partial charge in [-0.3, -0.25) is 14.9 Å². The smallest absolute Gasteiger partial charge is 0.296 e. The van der Waals surface area contributed by atoms with Gasteiger partial charge in [-0.15, -0.1) is 10.2 Å². The number of methoxy groups -OCH3 is 1. The van der Waals surface area contributed by atoms with Crippen LogP contribution >= 0.6 is 11.8 Å². The zero-order valence-corrected chi connectivity index (χ0v) is 15.3. The van der Waals surface area contributed by atoms with Crippen LogP contribution in [0, 0.1) is 10.1 Å². The van der Waals surface area contributed by atoms with Gasteiger partial charge in [-0.05, 0) is 19.1 Å². The summed E-state index contributed by atoms with van der Waals surface area (Å²) in [7, 11) is 3.15. The zero-order valence-electron chi connectivity index (χ0n) is 14.5. The number of ether oxygens (including phenoxy) is 1. The molecule has 2 aromatic rings. The predicted molar refractivity (Wildman–Crippen MR) is 95.4 cm³/mol.